The summed E-state index contributed by atoms with van der Waals surface area (Å²) in [5.41, 5.74) is -0.753. The predicted molar refractivity (Wildman–Crippen MR) is 93.9 cm³/mol. The Balaban J connectivity index is 1.93. The number of anilines is 1. The molecule has 0 saturated carbocycles. The van der Waals surface area contributed by atoms with Gasteiger partial charge in [-0.15, -0.1) is 0 Å². The van der Waals surface area contributed by atoms with E-state index in [1.165, 1.54) is 4.90 Å². The number of hydrogen-bond acceptors (Lipinski definition) is 5. The smallest absolute Gasteiger partial charge is 0.250 e. The minimum atomic E-state index is -1.34. The number of aliphatic hydroxyl groups excluding tert-OH is 1. The minimum absolute atomic E-state index is 0.333. The summed E-state index contributed by atoms with van der Waals surface area (Å²) in [7, 11) is 0. The molecule has 3 aliphatic rings. The zero-order valence-corrected chi connectivity index (χ0v) is 15.2. The van der Waals surface area contributed by atoms with Gasteiger partial charge in [-0.2, -0.15) is 0 Å². The number of carbonyl (C=O) groups excluding carboxylic acids is 3. The number of benzene rings is 1. The van der Waals surface area contributed by atoms with Gasteiger partial charge in [0.05, 0.1) is 17.9 Å². The topological polar surface area (TPSA) is 98.7 Å². The summed E-state index contributed by atoms with van der Waals surface area (Å²) < 4.78 is 0. The fourth-order valence-corrected chi connectivity index (χ4v) is 4.76. The molecule has 1 aromatic carbocycles. The van der Waals surface area contributed by atoms with Gasteiger partial charge in [0.2, 0.25) is 17.7 Å². The third-order valence-corrected chi connectivity index (χ3v) is 5.75. The standard InChI is InChI=1S/C19H23N3O4/c1-9(23)14-12-13(16(25)22(15(12)24)18(2,3)4)19(21-14)10-7-5-6-8-11(10)20-17(19)26/h5-9,12-14,21,23H,1-4H3,(H,20,26)/t9-,12-,13-,14-,19-/m0/s1. The maximum atomic E-state index is 13.3. The van der Waals surface area contributed by atoms with Crippen LogP contribution in [0, 0.1) is 11.8 Å². The molecule has 26 heavy (non-hydrogen) atoms. The van der Waals surface area contributed by atoms with E-state index >= 15 is 0 Å². The lowest BCUT2D eigenvalue weighted by Gasteiger charge is -2.35. The first-order chi connectivity index (χ1) is 12.1. The number of nitrogens with one attached hydrogen (secondary N) is 2. The van der Waals surface area contributed by atoms with E-state index in [-0.39, 0.29) is 17.7 Å². The SMILES string of the molecule is C[C@H](O)[C@@H]1N[C@]2(C(=O)Nc3ccccc32)[C@@H]2C(=O)N(C(C)(C)C)C(=O)[C@H]12. The molecule has 3 aliphatic heterocycles. The molecule has 0 aliphatic carbocycles. The number of hydrogen-bond donors (Lipinski definition) is 3. The second-order valence-electron chi connectivity index (χ2n) is 8.40. The van der Waals surface area contributed by atoms with Gasteiger partial charge in [0, 0.05) is 22.8 Å². The number of carbonyl (C=O) groups is 3. The van der Waals surface area contributed by atoms with E-state index in [1.807, 2.05) is 0 Å². The molecule has 0 bridgehead atoms. The zero-order chi connectivity index (χ0) is 19.0. The first-order valence-electron chi connectivity index (χ1n) is 8.85. The van der Waals surface area contributed by atoms with E-state index in [1.54, 1.807) is 52.0 Å². The largest absolute Gasteiger partial charge is 0.392 e. The highest BCUT2D eigenvalue weighted by molar-refractivity contribution is 6.15. The number of rotatable bonds is 1. The monoisotopic (exact) mass is 357 g/mol. The van der Waals surface area contributed by atoms with Gasteiger partial charge in [-0.25, -0.2) is 0 Å². The van der Waals surface area contributed by atoms with Gasteiger partial charge < -0.3 is 10.4 Å². The van der Waals surface area contributed by atoms with Gasteiger partial charge in [-0.1, -0.05) is 18.2 Å². The first kappa shape index (κ1) is 17.2. The van der Waals surface area contributed by atoms with Gasteiger partial charge in [-0.05, 0) is 33.8 Å². The molecule has 7 nitrogen and oxygen atoms in total. The van der Waals surface area contributed by atoms with Crippen molar-refractivity contribution in [3.05, 3.63) is 29.8 Å². The predicted octanol–water partition coefficient (Wildman–Crippen LogP) is 0.586. The van der Waals surface area contributed by atoms with Gasteiger partial charge in [0.1, 0.15) is 5.54 Å². The molecule has 1 spiro atoms. The van der Waals surface area contributed by atoms with Crippen molar-refractivity contribution in [2.75, 3.05) is 5.32 Å². The van der Waals surface area contributed by atoms with E-state index in [0.29, 0.717) is 11.3 Å². The van der Waals surface area contributed by atoms with Gasteiger partial charge >= 0.3 is 0 Å². The van der Waals surface area contributed by atoms with Crippen molar-refractivity contribution in [3.63, 3.8) is 0 Å². The average Bonchev–Trinajstić information content (AvgIpc) is 3.12. The molecule has 3 amide bonds. The quantitative estimate of drug-likeness (QED) is 0.639. The lowest BCUT2D eigenvalue weighted by atomic mass is 9.76. The van der Waals surface area contributed by atoms with Crippen LogP contribution < -0.4 is 10.6 Å². The number of fused-ring (bicyclic) bond motifs is 4. The lowest BCUT2D eigenvalue weighted by Crippen LogP contribution is -2.57. The van der Waals surface area contributed by atoms with Gasteiger partial charge in [0.15, 0.2) is 0 Å². The van der Waals surface area contributed by atoms with Crippen LogP contribution in [-0.2, 0) is 19.9 Å². The number of imide groups is 1. The van der Waals surface area contributed by atoms with Crippen molar-refractivity contribution < 1.29 is 19.5 Å². The fourth-order valence-electron chi connectivity index (χ4n) is 4.76. The van der Waals surface area contributed by atoms with Crippen LogP contribution in [0.25, 0.3) is 0 Å². The van der Waals surface area contributed by atoms with E-state index in [2.05, 4.69) is 10.6 Å². The molecule has 138 valence electrons. The van der Waals surface area contributed by atoms with E-state index in [4.69, 9.17) is 0 Å². The second kappa shape index (κ2) is 5.14. The summed E-state index contributed by atoms with van der Waals surface area (Å²) in [4.78, 5) is 40.8. The van der Waals surface area contributed by atoms with Gasteiger partial charge in [0.25, 0.3) is 0 Å². The lowest BCUT2D eigenvalue weighted by molar-refractivity contribution is -0.148. The molecule has 1 aromatic rings. The van der Waals surface area contributed by atoms with Crippen molar-refractivity contribution >= 4 is 23.4 Å². The Labute approximate surface area is 151 Å². The van der Waals surface area contributed by atoms with E-state index in [9.17, 15) is 19.5 Å². The molecular weight excluding hydrogens is 334 g/mol. The van der Waals surface area contributed by atoms with Crippen molar-refractivity contribution in [1.29, 1.82) is 0 Å². The maximum absolute atomic E-state index is 13.3. The van der Waals surface area contributed by atoms with E-state index in [0.717, 1.165) is 0 Å². The molecule has 0 unspecified atom stereocenters. The molecule has 0 radical (unpaired) electrons. The zero-order valence-electron chi connectivity index (χ0n) is 15.2. The number of likely N-dealkylation sites (tertiary alicyclic amines) is 1. The number of amides is 3. The highest BCUT2D eigenvalue weighted by Gasteiger charge is 2.71. The Hall–Kier alpha value is -2.25. The Morgan fingerprint density at radius 2 is 1.81 bits per heavy atom. The molecule has 5 atom stereocenters. The summed E-state index contributed by atoms with van der Waals surface area (Å²) in [6.07, 6.45) is -0.890. The molecular formula is C19H23N3O4. The Bertz CT molecular complexity index is 828. The summed E-state index contributed by atoms with van der Waals surface area (Å²) in [6.45, 7) is 6.96. The molecule has 0 aromatic heterocycles. The van der Waals surface area contributed by atoms with Crippen LogP contribution >= 0.6 is 0 Å². The fraction of sp³-hybridized carbons (Fsp3) is 0.526. The summed E-state index contributed by atoms with van der Waals surface area (Å²) in [5.74, 6) is -2.71. The Kier molecular flexibility index (Phi) is 3.40. The minimum Gasteiger partial charge on any atom is -0.392 e. The molecule has 7 heteroatoms. The summed E-state index contributed by atoms with van der Waals surface area (Å²) in [5, 5.41) is 16.3. The molecule has 3 N–H and O–H groups in total. The third kappa shape index (κ3) is 1.92. The number of nitrogens with zero attached hydrogens (tertiary/aromatic N) is 1. The summed E-state index contributed by atoms with van der Waals surface area (Å²) >= 11 is 0. The Morgan fingerprint density at radius 1 is 1.15 bits per heavy atom. The highest BCUT2D eigenvalue weighted by atomic mass is 16.3. The van der Waals surface area contributed by atoms with Crippen LogP contribution in [0.3, 0.4) is 0 Å². The number of aliphatic hydroxyl groups is 1. The first-order valence-corrected chi connectivity index (χ1v) is 8.85. The van der Waals surface area contributed by atoms with Crippen LogP contribution in [0.15, 0.2) is 24.3 Å². The van der Waals surface area contributed by atoms with Crippen LogP contribution in [0.4, 0.5) is 5.69 Å². The third-order valence-electron chi connectivity index (χ3n) is 5.75. The second-order valence-corrected chi connectivity index (χ2v) is 8.40. The molecule has 4 rings (SSSR count). The van der Waals surface area contributed by atoms with Gasteiger partial charge in [-0.3, -0.25) is 24.6 Å². The van der Waals surface area contributed by atoms with Crippen molar-refractivity contribution in [2.24, 2.45) is 11.8 Å². The van der Waals surface area contributed by atoms with Crippen molar-refractivity contribution in [3.8, 4) is 0 Å². The summed E-state index contributed by atoms with van der Waals surface area (Å²) in [6, 6.07) is 6.49. The highest BCUT2D eigenvalue weighted by Crippen LogP contribution is 2.54. The molecule has 3 heterocycles. The van der Waals surface area contributed by atoms with E-state index < -0.39 is 35.1 Å². The average molecular weight is 357 g/mol. The molecule has 2 saturated heterocycles. The van der Waals surface area contributed by atoms with Crippen LogP contribution in [0.1, 0.15) is 33.3 Å². The van der Waals surface area contributed by atoms with Crippen LogP contribution in [0.5, 0.6) is 0 Å². The van der Waals surface area contributed by atoms with Crippen LogP contribution in [-0.4, -0.2) is 45.4 Å². The van der Waals surface area contributed by atoms with Crippen molar-refractivity contribution in [2.45, 2.75) is 50.9 Å². The van der Waals surface area contributed by atoms with Crippen molar-refractivity contribution in [1.82, 2.24) is 10.2 Å². The Morgan fingerprint density at radius 3 is 2.42 bits per heavy atom. The van der Waals surface area contributed by atoms with Crippen LogP contribution in [0.2, 0.25) is 0 Å². The molecule has 2 fully saturated rings. The maximum Gasteiger partial charge on any atom is 0.250 e. The number of para-hydroxylation sites is 1. The normalized spacial score (nSPS) is 34.3.